The van der Waals surface area contributed by atoms with E-state index in [1.54, 1.807) is 0 Å². The number of aliphatic hydroxyl groups is 2. The first-order valence-corrected chi connectivity index (χ1v) is 5.23. The fourth-order valence-electron chi connectivity index (χ4n) is 1.30. The van der Waals surface area contributed by atoms with Crippen molar-refractivity contribution in [2.75, 3.05) is 5.88 Å². The molecule has 0 aliphatic carbocycles. The number of benzene rings is 1. The lowest BCUT2D eigenvalue weighted by Gasteiger charge is -2.16. The van der Waals surface area contributed by atoms with Gasteiger partial charge in [0.05, 0.1) is 17.5 Å². The van der Waals surface area contributed by atoms with E-state index in [0.717, 1.165) is 6.07 Å². The third-order valence-electron chi connectivity index (χ3n) is 2.23. The van der Waals surface area contributed by atoms with E-state index in [2.05, 4.69) is 0 Å². The van der Waals surface area contributed by atoms with Crippen molar-refractivity contribution in [3.05, 3.63) is 35.1 Å². The number of hydrogen-bond acceptors (Lipinski definition) is 3. The van der Waals surface area contributed by atoms with Gasteiger partial charge in [-0.2, -0.15) is 0 Å². The molecule has 1 aromatic rings. The normalized spacial score (nSPS) is 14.6. The third kappa shape index (κ3) is 2.78. The second kappa shape index (κ2) is 5.39. The maximum Gasteiger partial charge on any atom is 0.162 e. The molecule has 16 heavy (non-hydrogen) atoms. The molecule has 0 heterocycles. The topological polar surface area (TPSA) is 57.5 Å². The van der Waals surface area contributed by atoms with Crippen molar-refractivity contribution in [2.45, 2.75) is 19.1 Å². The molecule has 3 nitrogen and oxygen atoms in total. The predicted octanol–water partition coefficient (Wildman–Crippen LogP) is 1.66. The summed E-state index contributed by atoms with van der Waals surface area (Å²) < 4.78 is 13.2. The van der Waals surface area contributed by atoms with Gasteiger partial charge in [-0.05, 0) is 24.6 Å². The molecule has 88 valence electrons. The number of hydrogen-bond donors (Lipinski definition) is 2. The number of rotatable bonds is 4. The Balaban J connectivity index is 3.07. The molecule has 2 atom stereocenters. The fourth-order valence-corrected chi connectivity index (χ4v) is 1.47. The summed E-state index contributed by atoms with van der Waals surface area (Å²) in [6, 6.07) is 3.61. The van der Waals surface area contributed by atoms with Crippen LogP contribution in [0.15, 0.2) is 18.2 Å². The molecular weight excluding hydrogens is 235 g/mol. The van der Waals surface area contributed by atoms with Crippen molar-refractivity contribution in [2.24, 2.45) is 0 Å². The summed E-state index contributed by atoms with van der Waals surface area (Å²) in [7, 11) is 0. The van der Waals surface area contributed by atoms with Crippen molar-refractivity contribution >= 4 is 17.4 Å². The van der Waals surface area contributed by atoms with E-state index in [4.69, 9.17) is 11.6 Å². The lowest BCUT2D eigenvalue weighted by atomic mass is 10.0. The molecule has 0 radical (unpaired) electrons. The van der Waals surface area contributed by atoms with Crippen LogP contribution in [0.2, 0.25) is 0 Å². The van der Waals surface area contributed by atoms with Crippen LogP contribution in [-0.4, -0.2) is 28.0 Å². The molecule has 0 aliphatic heterocycles. The van der Waals surface area contributed by atoms with Gasteiger partial charge in [-0.15, -0.1) is 11.6 Å². The second-order valence-corrected chi connectivity index (χ2v) is 3.77. The number of aliphatic hydroxyl groups excluding tert-OH is 2. The SMILES string of the molecule is CC(=O)c1cc(C(O)C(O)CCl)ccc1F. The summed E-state index contributed by atoms with van der Waals surface area (Å²) in [4.78, 5) is 11.1. The minimum Gasteiger partial charge on any atom is -0.389 e. The standard InChI is InChI=1S/C11H12ClFO3/c1-6(14)8-4-7(2-3-9(8)13)11(16)10(15)5-12/h2-4,10-11,15-16H,5H2,1H3. The highest BCUT2D eigenvalue weighted by atomic mass is 35.5. The van der Waals surface area contributed by atoms with Gasteiger partial charge >= 0.3 is 0 Å². The van der Waals surface area contributed by atoms with E-state index in [0.29, 0.717) is 0 Å². The maximum atomic E-state index is 13.2. The Labute approximate surface area is 97.5 Å². The zero-order valence-corrected chi connectivity index (χ0v) is 9.41. The van der Waals surface area contributed by atoms with Gasteiger partial charge in [0, 0.05) is 0 Å². The number of halogens is 2. The molecule has 0 aromatic heterocycles. The monoisotopic (exact) mass is 246 g/mol. The van der Waals surface area contributed by atoms with Crippen molar-refractivity contribution in [1.82, 2.24) is 0 Å². The summed E-state index contributed by atoms with van der Waals surface area (Å²) in [5, 5.41) is 18.9. The Morgan fingerprint density at radius 1 is 1.50 bits per heavy atom. The number of alkyl halides is 1. The molecule has 0 aliphatic rings. The van der Waals surface area contributed by atoms with E-state index in [1.807, 2.05) is 0 Å². The number of ketones is 1. The summed E-state index contributed by atoms with van der Waals surface area (Å²) in [5.74, 6) is -1.23. The van der Waals surface area contributed by atoms with E-state index < -0.39 is 23.8 Å². The van der Waals surface area contributed by atoms with Gasteiger partial charge < -0.3 is 10.2 Å². The van der Waals surface area contributed by atoms with E-state index in [9.17, 15) is 19.4 Å². The summed E-state index contributed by atoms with van der Waals surface area (Å²) in [5.41, 5.74) is 0.151. The molecule has 1 aromatic carbocycles. The van der Waals surface area contributed by atoms with Crippen LogP contribution in [0.1, 0.15) is 28.9 Å². The molecule has 5 heteroatoms. The van der Waals surface area contributed by atoms with Crippen LogP contribution >= 0.6 is 11.6 Å². The summed E-state index contributed by atoms with van der Waals surface area (Å²) in [6.07, 6.45) is -2.37. The molecule has 0 bridgehead atoms. The molecule has 1 rings (SSSR count). The van der Waals surface area contributed by atoms with Crippen LogP contribution in [-0.2, 0) is 0 Å². The summed E-state index contributed by atoms with van der Waals surface area (Å²) in [6.45, 7) is 1.23. The number of carbonyl (C=O) groups is 1. The number of Topliss-reactive ketones (excluding diaryl/α,β-unsaturated/α-hetero) is 1. The van der Waals surface area contributed by atoms with Crippen molar-refractivity contribution < 1.29 is 19.4 Å². The zero-order chi connectivity index (χ0) is 12.3. The molecule has 0 fully saturated rings. The molecule has 0 saturated heterocycles. The average Bonchev–Trinajstić information content (AvgIpc) is 2.27. The highest BCUT2D eigenvalue weighted by Crippen LogP contribution is 2.21. The average molecular weight is 247 g/mol. The Kier molecular flexibility index (Phi) is 4.41. The first-order chi connectivity index (χ1) is 7.47. The first kappa shape index (κ1) is 13.1. The van der Waals surface area contributed by atoms with Crippen LogP contribution in [0, 0.1) is 5.82 Å². The molecular formula is C11H12ClFO3. The highest BCUT2D eigenvalue weighted by Gasteiger charge is 2.19. The Bertz CT molecular complexity index is 395. The van der Waals surface area contributed by atoms with E-state index in [-0.39, 0.29) is 17.0 Å². The number of carbonyl (C=O) groups excluding carboxylic acids is 1. The van der Waals surface area contributed by atoms with Crippen LogP contribution in [0.25, 0.3) is 0 Å². The van der Waals surface area contributed by atoms with Gasteiger partial charge in [-0.3, -0.25) is 4.79 Å². The molecule has 0 spiro atoms. The van der Waals surface area contributed by atoms with Crippen molar-refractivity contribution in [1.29, 1.82) is 0 Å². The van der Waals surface area contributed by atoms with Crippen molar-refractivity contribution in [3.8, 4) is 0 Å². The largest absolute Gasteiger partial charge is 0.389 e. The van der Waals surface area contributed by atoms with Gasteiger partial charge in [0.15, 0.2) is 5.78 Å². The second-order valence-electron chi connectivity index (χ2n) is 3.46. The molecule has 0 amide bonds. The Morgan fingerprint density at radius 2 is 2.12 bits per heavy atom. The summed E-state index contributed by atoms with van der Waals surface area (Å²) >= 11 is 5.38. The maximum absolute atomic E-state index is 13.2. The van der Waals surface area contributed by atoms with Crippen molar-refractivity contribution in [3.63, 3.8) is 0 Å². The van der Waals surface area contributed by atoms with Gasteiger partial charge in [-0.25, -0.2) is 4.39 Å². The van der Waals surface area contributed by atoms with Gasteiger partial charge in [-0.1, -0.05) is 6.07 Å². The van der Waals surface area contributed by atoms with Gasteiger partial charge in [0.2, 0.25) is 0 Å². The molecule has 2 N–H and O–H groups in total. The Morgan fingerprint density at radius 3 is 2.62 bits per heavy atom. The van der Waals surface area contributed by atoms with Crippen LogP contribution in [0.4, 0.5) is 4.39 Å². The zero-order valence-electron chi connectivity index (χ0n) is 8.65. The fraction of sp³-hybridized carbons (Fsp3) is 0.364. The van der Waals surface area contributed by atoms with Gasteiger partial charge in [0.25, 0.3) is 0 Å². The Hall–Kier alpha value is -0.970. The quantitative estimate of drug-likeness (QED) is 0.628. The van der Waals surface area contributed by atoms with Gasteiger partial charge in [0.1, 0.15) is 11.9 Å². The van der Waals surface area contributed by atoms with Crippen LogP contribution < -0.4 is 0 Å². The highest BCUT2D eigenvalue weighted by molar-refractivity contribution is 6.18. The van der Waals surface area contributed by atoms with Crippen LogP contribution in [0.3, 0.4) is 0 Å². The minimum atomic E-state index is -1.23. The smallest absolute Gasteiger partial charge is 0.162 e. The lowest BCUT2D eigenvalue weighted by molar-refractivity contribution is 0.0326. The predicted molar refractivity (Wildman–Crippen MR) is 58.1 cm³/mol. The van der Waals surface area contributed by atoms with Crippen LogP contribution in [0.5, 0.6) is 0 Å². The van der Waals surface area contributed by atoms with E-state index >= 15 is 0 Å². The molecule has 2 unspecified atom stereocenters. The lowest BCUT2D eigenvalue weighted by Crippen LogP contribution is -2.20. The third-order valence-corrected chi connectivity index (χ3v) is 2.55. The first-order valence-electron chi connectivity index (χ1n) is 4.70. The van der Waals surface area contributed by atoms with E-state index in [1.165, 1.54) is 19.1 Å². The minimum absolute atomic E-state index is 0.113. The molecule has 0 saturated carbocycles.